The normalized spacial score (nSPS) is 15.2. The van der Waals surface area contributed by atoms with E-state index in [4.69, 9.17) is 5.73 Å². The Bertz CT molecular complexity index is 1100. The number of benzene rings is 1. The number of hydrogen-bond acceptors (Lipinski definition) is 5. The Morgan fingerprint density at radius 2 is 1.94 bits per heavy atom. The molecule has 4 N–H and O–H groups in total. The summed E-state index contributed by atoms with van der Waals surface area (Å²) >= 11 is 0. The standard InChI is InChI=1S/C23H31N5O4/c1-3-5-13-28-20(24)19(22(31)26-23(28)32)27(12-4-2)18(29)11-10-16-14-15-8-6-7-9-17(15)25-21(16)30/h6-9,16H,3-5,10-14,24H2,1-2H3,(H,25,30)(H,26,31,32). The van der Waals surface area contributed by atoms with E-state index in [-0.39, 0.29) is 42.2 Å². The second-order valence-electron chi connectivity index (χ2n) is 8.13. The molecule has 0 fully saturated rings. The van der Waals surface area contributed by atoms with E-state index in [0.717, 1.165) is 24.1 Å². The second kappa shape index (κ2) is 10.3. The molecule has 0 radical (unpaired) electrons. The molecule has 9 nitrogen and oxygen atoms in total. The van der Waals surface area contributed by atoms with Crippen LogP contribution in [0.15, 0.2) is 33.9 Å². The van der Waals surface area contributed by atoms with E-state index in [1.807, 2.05) is 38.1 Å². The predicted octanol–water partition coefficient (Wildman–Crippen LogP) is 2.25. The smallest absolute Gasteiger partial charge is 0.330 e. The van der Waals surface area contributed by atoms with Gasteiger partial charge in [0.15, 0.2) is 5.69 Å². The van der Waals surface area contributed by atoms with Gasteiger partial charge in [-0.15, -0.1) is 0 Å². The largest absolute Gasteiger partial charge is 0.383 e. The van der Waals surface area contributed by atoms with Crippen LogP contribution in [0.25, 0.3) is 0 Å². The van der Waals surface area contributed by atoms with Gasteiger partial charge in [0.2, 0.25) is 11.8 Å². The third-order valence-corrected chi connectivity index (χ3v) is 5.79. The van der Waals surface area contributed by atoms with Gasteiger partial charge < -0.3 is 16.0 Å². The van der Waals surface area contributed by atoms with Crippen LogP contribution in [0.3, 0.4) is 0 Å². The summed E-state index contributed by atoms with van der Waals surface area (Å²) in [6.07, 6.45) is 3.18. The van der Waals surface area contributed by atoms with E-state index in [0.29, 0.717) is 25.8 Å². The van der Waals surface area contributed by atoms with Crippen LogP contribution in [0.1, 0.15) is 51.5 Å². The molecule has 2 amide bonds. The van der Waals surface area contributed by atoms with Gasteiger partial charge in [-0.3, -0.25) is 23.9 Å². The van der Waals surface area contributed by atoms with Crippen molar-refractivity contribution in [3.8, 4) is 0 Å². The molecule has 1 unspecified atom stereocenters. The van der Waals surface area contributed by atoms with E-state index in [9.17, 15) is 19.2 Å². The Morgan fingerprint density at radius 3 is 2.66 bits per heavy atom. The van der Waals surface area contributed by atoms with Crippen LogP contribution in [0, 0.1) is 5.92 Å². The molecule has 0 bridgehead atoms. The fraction of sp³-hybridized carbons (Fsp3) is 0.478. The lowest BCUT2D eigenvalue weighted by atomic mass is 9.89. The van der Waals surface area contributed by atoms with Crippen molar-refractivity contribution in [3.63, 3.8) is 0 Å². The number of H-pyrrole nitrogens is 1. The number of carbonyl (C=O) groups is 2. The minimum absolute atomic E-state index is 0.00154. The van der Waals surface area contributed by atoms with Gasteiger partial charge in [-0.1, -0.05) is 38.5 Å². The molecule has 1 aliphatic heterocycles. The number of nitrogens with two attached hydrogens (primary N) is 1. The fourth-order valence-corrected chi connectivity index (χ4v) is 4.04. The van der Waals surface area contributed by atoms with Gasteiger partial charge >= 0.3 is 5.69 Å². The van der Waals surface area contributed by atoms with E-state index in [2.05, 4.69) is 10.3 Å². The Morgan fingerprint density at radius 1 is 1.19 bits per heavy atom. The van der Waals surface area contributed by atoms with Crippen molar-refractivity contribution in [2.24, 2.45) is 5.92 Å². The van der Waals surface area contributed by atoms with Gasteiger partial charge in [0.05, 0.1) is 0 Å². The summed E-state index contributed by atoms with van der Waals surface area (Å²) in [5.41, 5.74) is 6.79. The molecule has 2 heterocycles. The molecular formula is C23H31N5O4. The van der Waals surface area contributed by atoms with E-state index in [1.165, 1.54) is 9.47 Å². The quantitative estimate of drug-likeness (QED) is 0.549. The van der Waals surface area contributed by atoms with Crippen molar-refractivity contribution >= 4 is 29.0 Å². The maximum absolute atomic E-state index is 13.1. The molecular weight excluding hydrogens is 410 g/mol. The summed E-state index contributed by atoms with van der Waals surface area (Å²) in [5, 5.41) is 2.89. The minimum Gasteiger partial charge on any atom is -0.383 e. The molecule has 9 heteroatoms. The van der Waals surface area contributed by atoms with Crippen LogP contribution in [-0.2, 0) is 22.6 Å². The van der Waals surface area contributed by atoms with Crippen molar-refractivity contribution in [2.75, 3.05) is 22.5 Å². The average Bonchev–Trinajstić information content (AvgIpc) is 2.76. The van der Waals surface area contributed by atoms with Crippen LogP contribution in [-0.4, -0.2) is 27.9 Å². The highest BCUT2D eigenvalue weighted by Crippen LogP contribution is 2.28. The fourth-order valence-electron chi connectivity index (χ4n) is 4.04. The molecule has 3 rings (SSSR count). The third kappa shape index (κ3) is 4.92. The molecule has 1 aromatic carbocycles. The van der Waals surface area contributed by atoms with Gasteiger partial charge in [-0.25, -0.2) is 4.79 Å². The van der Waals surface area contributed by atoms with Gasteiger partial charge in [-0.05, 0) is 37.3 Å². The first-order valence-electron chi connectivity index (χ1n) is 11.2. The number of aromatic amines is 1. The van der Waals surface area contributed by atoms with Crippen molar-refractivity contribution in [2.45, 2.75) is 58.9 Å². The Hall–Kier alpha value is -3.36. The molecule has 0 saturated carbocycles. The lowest BCUT2D eigenvalue weighted by molar-refractivity contribution is -0.121. The summed E-state index contributed by atoms with van der Waals surface area (Å²) in [7, 11) is 0. The Labute approximate surface area is 186 Å². The first kappa shape index (κ1) is 23.3. The summed E-state index contributed by atoms with van der Waals surface area (Å²) in [5.74, 6) is -0.731. The van der Waals surface area contributed by atoms with Crippen molar-refractivity contribution in [1.29, 1.82) is 0 Å². The number of nitrogens with zero attached hydrogens (tertiary/aromatic N) is 2. The Balaban J connectivity index is 1.80. The van der Waals surface area contributed by atoms with Crippen LogP contribution < -0.4 is 27.2 Å². The second-order valence-corrected chi connectivity index (χ2v) is 8.13. The lowest BCUT2D eigenvalue weighted by Gasteiger charge is -2.27. The molecule has 1 aromatic heterocycles. The number of rotatable bonds is 9. The number of nitrogen functional groups attached to an aromatic ring is 1. The summed E-state index contributed by atoms with van der Waals surface area (Å²) in [4.78, 5) is 54.1. The molecule has 2 aromatic rings. The van der Waals surface area contributed by atoms with E-state index < -0.39 is 11.2 Å². The van der Waals surface area contributed by atoms with Gasteiger partial charge in [0.1, 0.15) is 5.82 Å². The zero-order valence-electron chi connectivity index (χ0n) is 18.6. The molecule has 172 valence electrons. The van der Waals surface area contributed by atoms with Crippen LogP contribution in [0.5, 0.6) is 0 Å². The number of nitrogens with one attached hydrogen (secondary N) is 2. The molecule has 1 aliphatic rings. The third-order valence-electron chi connectivity index (χ3n) is 5.79. The van der Waals surface area contributed by atoms with Crippen LogP contribution in [0.4, 0.5) is 17.2 Å². The lowest BCUT2D eigenvalue weighted by Crippen LogP contribution is -2.42. The van der Waals surface area contributed by atoms with Crippen molar-refractivity contribution < 1.29 is 9.59 Å². The summed E-state index contributed by atoms with van der Waals surface area (Å²) in [6.45, 7) is 4.53. The number of hydrogen-bond donors (Lipinski definition) is 3. The first-order chi connectivity index (χ1) is 15.4. The molecule has 1 atom stereocenters. The molecule has 0 spiro atoms. The Kier molecular flexibility index (Phi) is 7.50. The maximum Gasteiger partial charge on any atom is 0.330 e. The number of unbranched alkanes of at least 4 members (excludes halogenated alkanes) is 1. The highest BCUT2D eigenvalue weighted by atomic mass is 16.2. The highest BCUT2D eigenvalue weighted by Gasteiger charge is 2.29. The van der Waals surface area contributed by atoms with Crippen molar-refractivity contribution in [1.82, 2.24) is 9.55 Å². The first-order valence-corrected chi connectivity index (χ1v) is 11.2. The number of carbonyl (C=O) groups excluding carboxylic acids is 2. The average molecular weight is 442 g/mol. The van der Waals surface area contributed by atoms with E-state index in [1.54, 1.807) is 0 Å². The number of aromatic nitrogens is 2. The monoisotopic (exact) mass is 441 g/mol. The zero-order valence-corrected chi connectivity index (χ0v) is 18.6. The van der Waals surface area contributed by atoms with Gasteiger partial charge in [0, 0.05) is 31.1 Å². The zero-order chi connectivity index (χ0) is 23.3. The number of amides is 2. The van der Waals surface area contributed by atoms with Crippen LogP contribution in [0.2, 0.25) is 0 Å². The molecule has 0 aliphatic carbocycles. The number of anilines is 3. The minimum atomic E-state index is -0.675. The maximum atomic E-state index is 13.1. The predicted molar refractivity (Wildman–Crippen MR) is 125 cm³/mol. The number of para-hydroxylation sites is 1. The SMILES string of the molecule is CCCCn1c(N)c(N(CCC)C(=O)CCC2Cc3ccccc3NC2=O)c(=O)[nH]c1=O. The van der Waals surface area contributed by atoms with Gasteiger partial charge in [-0.2, -0.15) is 0 Å². The summed E-state index contributed by atoms with van der Waals surface area (Å²) in [6, 6.07) is 7.62. The van der Waals surface area contributed by atoms with Crippen molar-refractivity contribution in [3.05, 3.63) is 50.7 Å². The molecule has 0 saturated heterocycles. The highest BCUT2D eigenvalue weighted by molar-refractivity contribution is 5.98. The van der Waals surface area contributed by atoms with Gasteiger partial charge in [0.25, 0.3) is 5.56 Å². The number of fused-ring (bicyclic) bond motifs is 1. The summed E-state index contributed by atoms with van der Waals surface area (Å²) < 4.78 is 1.31. The van der Waals surface area contributed by atoms with E-state index >= 15 is 0 Å². The van der Waals surface area contributed by atoms with Crippen LogP contribution >= 0.6 is 0 Å². The molecule has 32 heavy (non-hydrogen) atoms. The topological polar surface area (TPSA) is 130 Å².